The van der Waals surface area contributed by atoms with Gasteiger partial charge in [0.15, 0.2) is 0 Å². The Hall–Kier alpha value is -1.92. The largest absolute Gasteiger partial charge is 0.486 e. The summed E-state index contributed by atoms with van der Waals surface area (Å²) in [6, 6.07) is 9.71. The van der Waals surface area contributed by atoms with Crippen LogP contribution >= 0.6 is 11.3 Å². The smallest absolute Gasteiger partial charge is 0.225 e. The van der Waals surface area contributed by atoms with Gasteiger partial charge in [0, 0.05) is 24.4 Å². The molecular formula is C19H27N3O2S. The van der Waals surface area contributed by atoms with Crippen molar-refractivity contribution in [1.82, 2.24) is 14.8 Å². The standard InChI is InChI=1S/C19H27N3O2S/c1-15(2)19(23)22(11-10-21(3)4)12-16-14-25-18(20-16)13-24-17-8-6-5-7-9-17/h5-9,14-15H,10-13H2,1-4H3. The van der Waals surface area contributed by atoms with E-state index >= 15 is 0 Å². The van der Waals surface area contributed by atoms with Crippen molar-refractivity contribution in [1.29, 1.82) is 0 Å². The number of benzene rings is 1. The van der Waals surface area contributed by atoms with Gasteiger partial charge in [-0.25, -0.2) is 4.98 Å². The van der Waals surface area contributed by atoms with E-state index in [2.05, 4.69) is 9.88 Å². The maximum Gasteiger partial charge on any atom is 0.225 e. The first kappa shape index (κ1) is 19.4. The summed E-state index contributed by atoms with van der Waals surface area (Å²) in [5.74, 6) is 0.987. The number of rotatable bonds is 9. The number of likely N-dealkylation sites (N-methyl/N-ethyl adjacent to an activating group) is 1. The Morgan fingerprint density at radius 2 is 1.92 bits per heavy atom. The number of nitrogens with zero attached hydrogens (tertiary/aromatic N) is 3. The number of hydrogen-bond acceptors (Lipinski definition) is 5. The molecule has 136 valence electrons. The summed E-state index contributed by atoms with van der Waals surface area (Å²) in [6.07, 6.45) is 0. The Bertz CT molecular complexity index is 656. The summed E-state index contributed by atoms with van der Waals surface area (Å²) in [5.41, 5.74) is 0.921. The van der Waals surface area contributed by atoms with Gasteiger partial charge in [-0.15, -0.1) is 11.3 Å². The molecule has 0 atom stereocenters. The van der Waals surface area contributed by atoms with E-state index in [4.69, 9.17) is 4.74 Å². The molecule has 0 aliphatic carbocycles. The molecule has 1 amide bonds. The normalized spacial score (nSPS) is 11.1. The van der Waals surface area contributed by atoms with Crippen LogP contribution in [0.1, 0.15) is 24.5 Å². The number of para-hydroxylation sites is 1. The molecule has 0 aliphatic rings. The Morgan fingerprint density at radius 3 is 2.56 bits per heavy atom. The second-order valence-corrected chi connectivity index (χ2v) is 7.49. The number of amides is 1. The first-order chi connectivity index (χ1) is 12.0. The highest BCUT2D eigenvalue weighted by atomic mass is 32.1. The lowest BCUT2D eigenvalue weighted by molar-refractivity contribution is -0.135. The highest BCUT2D eigenvalue weighted by molar-refractivity contribution is 7.09. The number of ether oxygens (including phenoxy) is 1. The van der Waals surface area contributed by atoms with Gasteiger partial charge in [0.05, 0.1) is 12.2 Å². The van der Waals surface area contributed by atoms with Crippen LogP contribution in [0.2, 0.25) is 0 Å². The zero-order chi connectivity index (χ0) is 18.2. The first-order valence-electron chi connectivity index (χ1n) is 8.50. The lowest BCUT2D eigenvalue weighted by Gasteiger charge is -2.25. The SMILES string of the molecule is CC(C)C(=O)N(CCN(C)C)Cc1csc(COc2ccccc2)n1. The predicted molar refractivity (Wildman–Crippen MR) is 102 cm³/mol. The molecule has 0 N–H and O–H groups in total. The maximum absolute atomic E-state index is 12.4. The van der Waals surface area contributed by atoms with Gasteiger partial charge in [-0.1, -0.05) is 32.0 Å². The molecule has 0 aliphatic heterocycles. The average molecular weight is 362 g/mol. The molecule has 25 heavy (non-hydrogen) atoms. The predicted octanol–water partition coefficient (Wildman–Crippen LogP) is 3.27. The molecule has 0 spiro atoms. The second kappa shape index (κ2) is 9.53. The Kier molecular flexibility index (Phi) is 7.40. The van der Waals surface area contributed by atoms with Gasteiger partial charge < -0.3 is 14.5 Å². The molecule has 0 fully saturated rings. The highest BCUT2D eigenvalue weighted by Gasteiger charge is 2.18. The Labute approximate surface area is 154 Å². The van der Waals surface area contributed by atoms with E-state index in [0.717, 1.165) is 23.0 Å². The topological polar surface area (TPSA) is 45.7 Å². The number of hydrogen-bond donors (Lipinski definition) is 0. The summed E-state index contributed by atoms with van der Waals surface area (Å²) >= 11 is 1.57. The van der Waals surface area contributed by atoms with Gasteiger partial charge in [-0.05, 0) is 26.2 Å². The number of carbonyl (C=O) groups is 1. The van der Waals surface area contributed by atoms with Gasteiger partial charge in [0.2, 0.25) is 5.91 Å². The summed E-state index contributed by atoms with van der Waals surface area (Å²) in [6.45, 7) is 6.41. The van der Waals surface area contributed by atoms with Gasteiger partial charge in [-0.2, -0.15) is 0 Å². The monoisotopic (exact) mass is 361 g/mol. The van der Waals surface area contributed by atoms with E-state index in [1.807, 2.05) is 68.6 Å². The summed E-state index contributed by atoms with van der Waals surface area (Å²) in [5, 5.41) is 2.93. The van der Waals surface area contributed by atoms with Crippen molar-refractivity contribution in [2.75, 3.05) is 27.2 Å². The number of aromatic nitrogens is 1. The van der Waals surface area contributed by atoms with Crippen molar-refractivity contribution in [3.63, 3.8) is 0 Å². The quantitative estimate of drug-likeness (QED) is 0.688. The highest BCUT2D eigenvalue weighted by Crippen LogP contribution is 2.16. The first-order valence-corrected chi connectivity index (χ1v) is 9.38. The van der Waals surface area contributed by atoms with Crippen molar-refractivity contribution < 1.29 is 9.53 Å². The van der Waals surface area contributed by atoms with Crippen molar-refractivity contribution in [3.05, 3.63) is 46.4 Å². The Balaban J connectivity index is 1.95. The van der Waals surface area contributed by atoms with Gasteiger partial charge >= 0.3 is 0 Å². The van der Waals surface area contributed by atoms with Gasteiger partial charge in [0.1, 0.15) is 17.4 Å². The van der Waals surface area contributed by atoms with E-state index in [9.17, 15) is 4.79 Å². The van der Waals surface area contributed by atoms with Crippen LogP contribution in [0.25, 0.3) is 0 Å². The molecule has 1 aromatic carbocycles. The maximum atomic E-state index is 12.4. The fourth-order valence-electron chi connectivity index (χ4n) is 2.30. The molecule has 0 radical (unpaired) electrons. The van der Waals surface area contributed by atoms with Crippen LogP contribution in [0.15, 0.2) is 35.7 Å². The van der Waals surface area contributed by atoms with Crippen LogP contribution in [0, 0.1) is 5.92 Å². The zero-order valence-electron chi connectivity index (χ0n) is 15.4. The third kappa shape index (κ3) is 6.48. The fraction of sp³-hybridized carbons (Fsp3) is 0.474. The van der Waals surface area contributed by atoms with E-state index in [0.29, 0.717) is 19.7 Å². The molecule has 2 rings (SSSR count). The van der Waals surface area contributed by atoms with Crippen LogP contribution in [0.3, 0.4) is 0 Å². The van der Waals surface area contributed by atoms with Crippen molar-refractivity contribution >= 4 is 17.2 Å². The minimum atomic E-state index is -0.0123. The van der Waals surface area contributed by atoms with E-state index in [1.165, 1.54) is 0 Å². The lowest BCUT2D eigenvalue weighted by Crippen LogP contribution is -2.38. The minimum absolute atomic E-state index is 0.0123. The molecule has 0 saturated carbocycles. The third-order valence-corrected chi connectivity index (χ3v) is 4.55. The summed E-state index contributed by atoms with van der Waals surface area (Å²) < 4.78 is 5.74. The third-order valence-electron chi connectivity index (χ3n) is 3.68. The zero-order valence-corrected chi connectivity index (χ0v) is 16.3. The van der Waals surface area contributed by atoms with Crippen LogP contribution in [-0.4, -0.2) is 47.9 Å². The molecule has 0 unspecified atom stereocenters. The fourth-order valence-corrected chi connectivity index (χ4v) is 2.99. The average Bonchev–Trinajstić information content (AvgIpc) is 3.04. The number of thiazole rings is 1. The van der Waals surface area contributed by atoms with Crippen LogP contribution in [0.4, 0.5) is 0 Å². The van der Waals surface area contributed by atoms with Crippen molar-refractivity contribution in [2.45, 2.75) is 27.0 Å². The van der Waals surface area contributed by atoms with E-state index in [-0.39, 0.29) is 11.8 Å². The van der Waals surface area contributed by atoms with E-state index in [1.54, 1.807) is 11.3 Å². The molecular weight excluding hydrogens is 334 g/mol. The molecule has 5 nitrogen and oxygen atoms in total. The minimum Gasteiger partial charge on any atom is -0.486 e. The summed E-state index contributed by atoms with van der Waals surface area (Å²) in [4.78, 5) is 21.0. The van der Waals surface area contributed by atoms with Crippen molar-refractivity contribution in [2.24, 2.45) is 5.92 Å². The van der Waals surface area contributed by atoms with Gasteiger partial charge in [-0.3, -0.25) is 4.79 Å². The molecule has 2 aromatic rings. The van der Waals surface area contributed by atoms with Crippen molar-refractivity contribution in [3.8, 4) is 5.75 Å². The second-order valence-electron chi connectivity index (χ2n) is 6.55. The van der Waals surface area contributed by atoms with Crippen LogP contribution in [-0.2, 0) is 17.9 Å². The molecule has 0 saturated heterocycles. The van der Waals surface area contributed by atoms with Crippen LogP contribution in [0.5, 0.6) is 5.75 Å². The lowest BCUT2D eigenvalue weighted by atomic mass is 10.2. The Morgan fingerprint density at radius 1 is 1.20 bits per heavy atom. The van der Waals surface area contributed by atoms with E-state index < -0.39 is 0 Å². The molecule has 1 heterocycles. The summed E-state index contributed by atoms with van der Waals surface area (Å²) in [7, 11) is 4.03. The molecule has 6 heteroatoms. The van der Waals surface area contributed by atoms with Crippen LogP contribution < -0.4 is 4.74 Å². The molecule has 0 bridgehead atoms. The molecule has 1 aromatic heterocycles. The van der Waals surface area contributed by atoms with Gasteiger partial charge in [0.25, 0.3) is 0 Å². The number of carbonyl (C=O) groups excluding carboxylic acids is 1.